The lowest BCUT2D eigenvalue weighted by Gasteiger charge is -2.26. The summed E-state index contributed by atoms with van der Waals surface area (Å²) in [5, 5.41) is 17.1. The first-order chi connectivity index (χ1) is 10.5. The third-order valence-electron chi connectivity index (χ3n) is 3.21. The molecular formula is C14H12F2N4OS. The zero-order valence-electron chi connectivity index (χ0n) is 11.6. The Labute approximate surface area is 128 Å². The van der Waals surface area contributed by atoms with Crippen LogP contribution in [-0.4, -0.2) is 24.9 Å². The van der Waals surface area contributed by atoms with Crippen molar-refractivity contribution in [1.29, 1.82) is 0 Å². The number of aliphatic hydroxyl groups is 1. The highest BCUT2D eigenvalue weighted by Crippen LogP contribution is 2.35. The van der Waals surface area contributed by atoms with Gasteiger partial charge in [0.2, 0.25) is 0 Å². The van der Waals surface area contributed by atoms with Crippen LogP contribution in [0.25, 0.3) is 0 Å². The summed E-state index contributed by atoms with van der Waals surface area (Å²) in [6.45, 7) is 1.69. The van der Waals surface area contributed by atoms with Gasteiger partial charge < -0.3 is 5.11 Å². The number of aromatic nitrogens is 4. The lowest BCUT2D eigenvalue weighted by molar-refractivity contribution is 0.0531. The van der Waals surface area contributed by atoms with Crippen molar-refractivity contribution in [2.24, 2.45) is 0 Å². The van der Waals surface area contributed by atoms with Gasteiger partial charge in [0.25, 0.3) is 0 Å². The van der Waals surface area contributed by atoms with Gasteiger partial charge >= 0.3 is 0 Å². The molecule has 0 aliphatic heterocycles. The minimum absolute atomic E-state index is 0.0567. The van der Waals surface area contributed by atoms with E-state index in [1.807, 2.05) is 0 Å². The van der Waals surface area contributed by atoms with Crippen LogP contribution in [0.15, 0.2) is 36.2 Å². The van der Waals surface area contributed by atoms with Crippen molar-refractivity contribution in [2.45, 2.75) is 19.1 Å². The van der Waals surface area contributed by atoms with E-state index in [4.69, 9.17) is 0 Å². The number of thiazole rings is 1. The lowest BCUT2D eigenvalue weighted by atomic mass is 9.93. The molecule has 1 N–H and O–H groups in total. The van der Waals surface area contributed by atoms with Gasteiger partial charge in [-0.25, -0.2) is 23.4 Å². The number of halogens is 2. The van der Waals surface area contributed by atoms with Crippen LogP contribution in [0.5, 0.6) is 0 Å². The SMILES string of the molecule is Cc1csc(C(O)(Cn2cncn2)c2ccc(F)cc2F)n1. The Kier molecular flexibility index (Phi) is 3.71. The molecule has 0 spiro atoms. The standard InChI is InChI=1S/C14H12F2N4OS/c1-9-5-22-13(19-9)14(21,6-20-8-17-7-18-20)11-3-2-10(15)4-12(11)16/h2-5,7-8,21H,6H2,1H3. The summed E-state index contributed by atoms with van der Waals surface area (Å²) in [5.41, 5.74) is -1.11. The van der Waals surface area contributed by atoms with E-state index < -0.39 is 17.2 Å². The first-order valence-electron chi connectivity index (χ1n) is 6.42. The van der Waals surface area contributed by atoms with Gasteiger partial charge in [-0.15, -0.1) is 11.3 Å². The molecule has 0 saturated carbocycles. The van der Waals surface area contributed by atoms with Crippen molar-refractivity contribution in [3.8, 4) is 0 Å². The van der Waals surface area contributed by atoms with Gasteiger partial charge in [-0.3, -0.25) is 0 Å². The molecule has 8 heteroatoms. The van der Waals surface area contributed by atoms with Crippen LogP contribution in [-0.2, 0) is 12.1 Å². The molecule has 0 aliphatic rings. The Morgan fingerprint density at radius 1 is 1.36 bits per heavy atom. The third kappa shape index (κ3) is 2.62. The average molecular weight is 322 g/mol. The van der Waals surface area contributed by atoms with Crippen LogP contribution >= 0.6 is 11.3 Å². The molecule has 2 aromatic heterocycles. The highest BCUT2D eigenvalue weighted by molar-refractivity contribution is 7.09. The van der Waals surface area contributed by atoms with Crippen molar-refractivity contribution in [3.63, 3.8) is 0 Å². The Morgan fingerprint density at radius 2 is 2.18 bits per heavy atom. The average Bonchev–Trinajstić information content (AvgIpc) is 3.10. The molecule has 22 heavy (non-hydrogen) atoms. The van der Waals surface area contributed by atoms with Crippen LogP contribution in [0, 0.1) is 18.6 Å². The second-order valence-electron chi connectivity index (χ2n) is 4.87. The molecule has 1 unspecified atom stereocenters. The van der Waals surface area contributed by atoms with Gasteiger partial charge in [0.05, 0.1) is 6.54 Å². The minimum Gasteiger partial charge on any atom is -0.376 e. The predicted molar refractivity (Wildman–Crippen MR) is 76.2 cm³/mol. The quantitative estimate of drug-likeness (QED) is 0.800. The van der Waals surface area contributed by atoms with Crippen molar-refractivity contribution in [3.05, 3.63) is 64.1 Å². The molecule has 2 heterocycles. The maximum atomic E-state index is 14.2. The summed E-state index contributed by atoms with van der Waals surface area (Å²) in [5.74, 6) is -1.55. The van der Waals surface area contributed by atoms with Crippen molar-refractivity contribution >= 4 is 11.3 Å². The molecule has 0 saturated heterocycles. The lowest BCUT2D eigenvalue weighted by Crippen LogP contribution is -2.34. The first kappa shape index (κ1) is 14.7. The van der Waals surface area contributed by atoms with Gasteiger partial charge in [0, 0.05) is 22.7 Å². The number of hydrogen-bond acceptors (Lipinski definition) is 5. The van der Waals surface area contributed by atoms with Crippen LogP contribution in [0.1, 0.15) is 16.3 Å². The Morgan fingerprint density at radius 3 is 2.77 bits per heavy atom. The molecular weight excluding hydrogens is 310 g/mol. The summed E-state index contributed by atoms with van der Waals surface area (Å²) < 4.78 is 28.7. The van der Waals surface area contributed by atoms with Gasteiger partial charge in [0.1, 0.15) is 29.3 Å². The maximum Gasteiger partial charge on any atom is 0.163 e. The monoisotopic (exact) mass is 322 g/mol. The fourth-order valence-electron chi connectivity index (χ4n) is 2.19. The van der Waals surface area contributed by atoms with E-state index in [0.717, 1.165) is 12.1 Å². The van der Waals surface area contributed by atoms with E-state index in [-0.39, 0.29) is 12.1 Å². The zero-order valence-corrected chi connectivity index (χ0v) is 12.4. The molecule has 0 fully saturated rings. The Balaban J connectivity index is 2.13. The second-order valence-corrected chi connectivity index (χ2v) is 5.73. The van der Waals surface area contributed by atoms with E-state index in [1.54, 1.807) is 12.3 Å². The van der Waals surface area contributed by atoms with E-state index in [9.17, 15) is 13.9 Å². The maximum absolute atomic E-state index is 14.2. The summed E-state index contributed by atoms with van der Waals surface area (Å²) in [7, 11) is 0. The van der Waals surface area contributed by atoms with E-state index >= 15 is 0 Å². The topological polar surface area (TPSA) is 63.8 Å². The number of rotatable bonds is 4. The molecule has 114 valence electrons. The van der Waals surface area contributed by atoms with Gasteiger partial charge in [-0.05, 0) is 19.1 Å². The fourth-order valence-corrected chi connectivity index (χ4v) is 3.09. The number of nitrogens with zero attached hydrogens (tertiary/aromatic N) is 4. The molecule has 0 aliphatic carbocycles. The normalized spacial score (nSPS) is 14.0. The van der Waals surface area contributed by atoms with E-state index in [1.165, 1.54) is 34.7 Å². The largest absolute Gasteiger partial charge is 0.376 e. The summed E-state index contributed by atoms with van der Waals surface area (Å²) in [6.07, 6.45) is 2.72. The zero-order chi connectivity index (χ0) is 15.7. The molecule has 0 radical (unpaired) electrons. The van der Waals surface area contributed by atoms with E-state index in [0.29, 0.717) is 10.7 Å². The number of aryl methyl sites for hydroxylation is 1. The molecule has 5 nitrogen and oxygen atoms in total. The summed E-state index contributed by atoms with van der Waals surface area (Å²) >= 11 is 1.20. The number of hydrogen-bond donors (Lipinski definition) is 1. The Hall–Kier alpha value is -2.19. The van der Waals surface area contributed by atoms with Gasteiger partial charge in [-0.2, -0.15) is 5.10 Å². The molecule has 3 rings (SSSR count). The molecule has 0 amide bonds. The van der Waals surface area contributed by atoms with Gasteiger partial charge in [0.15, 0.2) is 5.60 Å². The van der Waals surface area contributed by atoms with Crippen molar-refractivity contribution < 1.29 is 13.9 Å². The third-order valence-corrected chi connectivity index (χ3v) is 4.32. The first-order valence-corrected chi connectivity index (χ1v) is 7.30. The highest BCUT2D eigenvalue weighted by atomic mass is 32.1. The summed E-state index contributed by atoms with van der Waals surface area (Å²) in [6, 6.07) is 3.06. The fraction of sp³-hybridized carbons (Fsp3) is 0.214. The Bertz CT molecular complexity index is 790. The second kappa shape index (κ2) is 5.54. The minimum atomic E-state index is -1.76. The predicted octanol–water partition coefficient (Wildman–Crippen LogP) is 2.26. The van der Waals surface area contributed by atoms with Crippen LogP contribution in [0.3, 0.4) is 0 Å². The van der Waals surface area contributed by atoms with Crippen LogP contribution in [0.2, 0.25) is 0 Å². The van der Waals surface area contributed by atoms with Crippen molar-refractivity contribution in [2.75, 3.05) is 0 Å². The highest BCUT2D eigenvalue weighted by Gasteiger charge is 2.38. The molecule has 1 aromatic carbocycles. The van der Waals surface area contributed by atoms with Gasteiger partial charge in [-0.1, -0.05) is 0 Å². The number of benzene rings is 1. The molecule has 3 aromatic rings. The molecule has 1 atom stereocenters. The smallest absolute Gasteiger partial charge is 0.163 e. The van der Waals surface area contributed by atoms with E-state index in [2.05, 4.69) is 15.1 Å². The van der Waals surface area contributed by atoms with Crippen LogP contribution in [0.4, 0.5) is 8.78 Å². The van der Waals surface area contributed by atoms with Crippen molar-refractivity contribution in [1.82, 2.24) is 19.7 Å². The van der Waals surface area contributed by atoms with Crippen LogP contribution < -0.4 is 0 Å². The summed E-state index contributed by atoms with van der Waals surface area (Å²) in [4.78, 5) is 8.06. The molecule has 0 bridgehead atoms.